The Morgan fingerprint density at radius 2 is 2.43 bits per heavy atom. The molecule has 6 heteroatoms. The minimum Gasteiger partial charge on any atom is -0.394 e. The van der Waals surface area contributed by atoms with E-state index in [1.165, 1.54) is 17.4 Å². The van der Waals surface area contributed by atoms with Crippen LogP contribution in [0.5, 0.6) is 0 Å². The molecule has 1 amide bonds. The summed E-state index contributed by atoms with van der Waals surface area (Å²) in [6.45, 7) is 0.460. The van der Waals surface area contributed by atoms with Gasteiger partial charge in [0.1, 0.15) is 6.33 Å². The Morgan fingerprint density at radius 1 is 1.64 bits per heavy atom. The molecule has 2 N–H and O–H groups in total. The summed E-state index contributed by atoms with van der Waals surface area (Å²) in [4.78, 5) is 20.7. The molecular weight excluding hydrogens is 204 g/mol. The van der Waals surface area contributed by atoms with Gasteiger partial charge in [0, 0.05) is 13.0 Å². The van der Waals surface area contributed by atoms with Crippen molar-refractivity contribution in [2.75, 3.05) is 17.2 Å². The molecule has 1 fully saturated rings. The minimum atomic E-state index is -0.156. The van der Waals surface area contributed by atoms with Crippen molar-refractivity contribution in [3.8, 4) is 0 Å². The fourth-order valence-corrected chi connectivity index (χ4v) is 1.70. The lowest BCUT2D eigenvalue weighted by atomic mass is 10.4. The molecule has 1 aliphatic heterocycles. The van der Waals surface area contributed by atoms with Crippen molar-refractivity contribution in [3.05, 3.63) is 12.5 Å². The van der Waals surface area contributed by atoms with Gasteiger partial charge in [-0.3, -0.25) is 9.69 Å². The molecular formula is C8H9ClN4O. The van der Waals surface area contributed by atoms with Crippen LogP contribution in [0.2, 0.25) is 0 Å². The predicted molar refractivity (Wildman–Crippen MR) is 53.1 cm³/mol. The van der Waals surface area contributed by atoms with Crippen molar-refractivity contribution in [1.29, 1.82) is 0 Å². The second-order valence-electron chi connectivity index (χ2n) is 3.11. The number of halogens is 1. The summed E-state index contributed by atoms with van der Waals surface area (Å²) in [6, 6.07) is 0. The maximum Gasteiger partial charge on any atom is 0.229 e. The van der Waals surface area contributed by atoms with Crippen LogP contribution in [0.4, 0.5) is 11.5 Å². The highest BCUT2D eigenvalue weighted by Gasteiger charge is 2.30. The van der Waals surface area contributed by atoms with E-state index in [9.17, 15) is 4.79 Å². The van der Waals surface area contributed by atoms with Crippen LogP contribution < -0.4 is 10.6 Å². The summed E-state index contributed by atoms with van der Waals surface area (Å²) in [7, 11) is 0. The molecule has 0 spiro atoms. The quantitative estimate of drug-likeness (QED) is 0.685. The van der Waals surface area contributed by atoms with Crippen LogP contribution in [-0.2, 0) is 4.79 Å². The number of nitrogen functional groups attached to an aromatic ring is 1. The number of hydrogen-bond acceptors (Lipinski definition) is 4. The van der Waals surface area contributed by atoms with E-state index in [1.54, 1.807) is 0 Å². The summed E-state index contributed by atoms with van der Waals surface area (Å²) >= 11 is 5.86. The molecule has 0 bridgehead atoms. The van der Waals surface area contributed by atoms with Crippen molar-refractivity contribution in [2.45, 2.75) is 11.8 Å². The number of alkyl halides is 1. The lowest BCUT2D eigenvalue weighted by molar-refractivity contribution is -0.117. The number of anilines is 2. The summed E-state index contributed by atoms with van der Waals surface area (Å²) in [5.41, 5.74) is 6.04. The molecule has 0 radical (unpaired) electrons. The van der Waals surface area contributed by atoms with Crippen LogP contribution in [0.15, 0.2) is 12.5 Å². The smallest absolute Gasteiger partial charge is 0.229 e. The standard InChI is InChI=1S/C8H9ClN4O/c9-5-1-7(14)13(3-5)8-6(10)2-11-4-12-8/h2,4-5H,1,3,10H2. The number of nitrogens with two attached hydrogens (primary N) is 1. The van der Waals surface area contributed by atoms with Crippen LogP contribution in [-0.4, -0.2) is 27.8 Å². The molecule has 1 unspecified atom stereocenters. The topological polar surface area (TPSA) is 72.1 Å². The summed E-state index contributed by atoms with van der Waals surface area (Å²) in [6.07, 6.45) is 3.17. The van der Waals surface area contributed by atoms with Crippen LogP contribution >= 0.6 is 11.6 Å². The van der Waals surface area contributed by atoms with E-state index in [2.05, 4.69) is 9.97 Å². The van der Waals surface area contributed by atoms with Gasteiger partial charge in [0.2, 0.25) is 5.91 Å². The van der Waals surface area contributed by atoms with Crippen molar-refractivity contribution in [2.24, 2.45) is 0 Å². The first-order valence-corrected chi connectivity index (χ1v) is 4.62. The zero-order valence-corrected chi connectivity index (χ0v) is 8.11. The van der Waals surface area contributed by atoms with E-state index in [0.717, 1.165) is 0 Å². The molecule has 0 aliphatic carbocycles. The van der Waals surface area contributed by atoms with Crippen molar-refractivity contribution >= 4 is 29.0 Å². The fourth-order valence-electron chi connectivity index (χ4n) is 1.43. The van der Waals surface area contributed by atoms with Gasteiger partial charge in [-0.15, -0.1) is 11.6 Å². The monoisotopic (exact) mass is 212 g/mol. The molecule has 2 heterocycles. The Balaban J connectivity index is 2.32. The van der Waals surface area contributed by atoms with Gasteiger partial charge in [0.15, 0.2) is 5.82 Å². The number of carbonyl (C=O) groups is 1. The number of nitrogens with zero attached hydrogens (tertiary/aromatic N) is 3. The molecule has 1 atom stereocenters. The zero-order chi connectivity index (χ0) is 10.1. The van der Waals surface area contributed by atoms with Gasteiger partial charge >= 0.3 is 0 Å². The highest BCUT2D eigenvalue weighted by Crippen LogP contribution is 2.25. The molecule has 1 saturated heterocycles. The third-order valence-electron chi connectivity index (χ3n) is 2.05. The van der Waals surface area contributed by atoms with Crippen LogP contribution in [0.25, 0.3) is 0 Å². The first kappa shape index (κ1) is 9.21. The minimum absolute atomic E-state index is 0.0459. The molecule has 74 valence electrons. The fraction of sp³-hybridized carbons (Fsp3) is 0.375. The van der Waals surface area contributed by atoms with Gasteiger partial charge in [-0.2, -0.15) is 0 Å². The molecule has 14 heavy (non-hydrogen) atoms. The summed E-state index contributed by atoms with van der Waals surface area (Å²) in [5, 5.41) is -0.156. The van der Waals surface area contributed by atoms with E-state index >= 15 is 0 Å². The molecule has 2 rings (SSSR count). The largest absolute Gasteiger partial charge is 0.394 e. The van der Waals surface area contributed by atoms with Crippen molar-refractivity contribution in [1.82, 2.24) is 9.97 Å². The highest BCUT2D eigenvalue weighted by atomic mass is 35.5. The molecule has 5 nitrogen and oxygen atoms in total. The Labute approximate surface area is 85.9 Å². The van der Waals surface area contributed by atoms with Crippen molar-refractivity contribution < 1.29 is 4.79 Å². The number of amides is 1. The third kappa shape index (κ3) is 1.50. The number of aromatic nitrogens is 2. The Hall–Kier alpha value is -1.36. The SMILES string of the molecule is Nc1cncnc1N1CC(Cl)CC1=O. The zero-order valence-electron chi connectivity index (χ0n) is 7.35. The maximum atomic E-state index is 11.5. The number of hydrogen-bond donors (Lipinski definition) is 1. The first-order chi connectivity index (χ1) is 6.68. The maximum absolute atomic E-state index is 11.5. The second-order valence-corrected chi connectivity index (χ2v) is 3.72. The van der Waals surface area contributed by atoms with Crippen LogP contribution in [0.1, 0.15) is 6.42 Å². The predicted octanol–water partition coefficient (Wildman–Crippen LogP) is 0.403. The Morgan fingerprint density at radius 3 is 3.00 bits per heavy atom. The van der Waals surface area contributed by atoms with E-state index < -0.39 is 0 Å². The average Bonchev–Trinajstić information content (AvgIpc) is 2.46. The van der Waals surface area contributed by atoms with E-state index in [4.69, 9.17) is 17.3 Å². The van der Waals surface area contributed by atoms with E-state index in [1.807, 2.05) is 0 Å². The lowest BCUT2D eigenvalue weighted by Crippen LogP contribution is -2.26. The summed E-state index contributed by atoms with van der Waals surface area (Å²) < 4.78 is 0. The van der Waals surface area contributed by atoms with Gasteiger partial charge in [-0.25, -0.2) is 9.97 Å². The van der Waals surface area contributed by atoms with E-state index in [0.29, 0.717) is 24.5 Å². The third-order valence-corrected chi connectivity index (χ3v) is 2.34. The highest BCUT2D eigenvalue weighted by molar-refractivity contribution is 6.24. The van der Waals surface area contributed by atoms with E-state index in [-0.39, 0.29) is 11.3 Å². The Bertz CT molecular complexity index is 370. The summed E-state index contributed by atoms with van der Waals surface area (Å²) in [5.74, 6) is 0.406. The lowest BCUT2D eigenvalue weighted by Gasteiger charge is -2.15. The molecule has 1 aromatic heterocycles. The Kier molecular flexibility index (Phi) is 2.25. The van der Waals surface area contributed by atoms with Crippen LogP contribution in [0, 0.1) is 0 Å². The molecule has 1 aromatic rings. The average molecular weight is 213 g/mol. The molecule has 1 aliphatic rings. The normalized spacial score (nSPS) is 21.6. The van der Waals surface area contributed by atoms with Crippen LogP contribution in [0.3, 0.4) is 0 Å². The number of rotatable bonds is 1. The molecule has 0 aromatic carbocycles. The first-order valence-electron chi connectivity index (χ1n) is 4.18. The van der Waals surface area contributed by atoms with Gasteiger partial charge in [-0.1, -0.05) is 0 Å². The van der Waals surface area contributed by atoms with Crippen molar-refractivity contribution in [3.63, 3.8) is 0 Å². The second kappa shape index (κ2) is 3.42. The number of carbonyl (C=O) groups excluding carboxylic acids is 1. The van der Waals surface area contributed by atoms with Gasteiger partial charge in [-0.05, 0) is 0 Å². The van der Waals surface area contributed by atoms with Gasteiger partial charge in [0.25, 0.3) is 0 Å². The van der Waals surface area contributed by atoms with Gasteiger partial charge in [0.05, 0.1) is 17.3 Å². The molecule has 0 saturated carbocycles. The van der Waals surface area contributed by atoms with Gasteiger partial charge < -0.3 is 5.73 Å².